The summed E-state index contributed by atoms with van der Waals surface area (Å²) < 4.78 is 5.34. The Morgan fingerprint density at radius 2 is 2.12 bits per heavy atom. The van der Waals surface area contributed by atoms with Crippen LogP contribution < -0.4 is 0 Å². The standard InChI is InChI=1S/C14H23NO2/c1-5-17-9-8-15(4)12(3)13-10-11(2)6-7-14(13)16/h6-7,10,12,16H,5,8-9H2,1-4H3. The molecule has 3 heteroatoms. The van der Waals surface area contributed by atoms with Gasteiger partial charge in [-0.2, -0.15) is 0 Å². The molecular formula is C14H23NO2. The average Bonchev–Trinajstić information content (AvgIpc) is 2.31. The topological polar surface area (TPSA) is 32.7 Å². The number of rotatable bonds is 6. The zero-order chi connectivity index (χ0) is 12.8. The minimum Gasteiger partial charge on any atom is -0.508 e. The largest absolute Gasteiger partial charge is 0.508 e. The van der Waals surface area contributed by atoms with Crippen molar-refractivity contribution in [1.82, 2.24) is 4.90 Å². The number of aryl methyl sites for hydroxylation is 1. The molecule has 0 saturated heterocycles. The average molecular weight is 237 g/mol. The number of aromatic hydroxyl groups is 1. The van der Waals surface area contributed by atoms with Crippen LogP contribution in [-0.4, -0.2) is 36.8 Å². The van der Waals surface area contributed by atoms with Gasteiger partial charge in [-0.1, -0.05) is 17.7 Å². The summed E-state index contributed by atoms with van der Waals surface area (Å²) in [6.45, 7) is 8.47. The highest BCUT2D eigenvalue weighted by Crippen LogP contribution is 2.28. The van der Waals surface area contributed by atoms with Gasteiger partial charge in [0, 0.05) is 24.8 Å². The van der Waals surface area contributed by atoms with E-state index in [4.69, 9.17) is 4.74 Å². The van der Waals surface area contributed by atoms with Crippen molar-refractivity contribution >= 4 is 0 Å². The number of ether oxygens (including phenoxy) is 1. The lowest BCUT2D eigenvalue weighted by Gasteiger charge is -2.25. The van der Waals surface area contributed by atoms with Crippen LogP contribution in [0, 0.1) is 6.92 Å². The third kappa shape index (κ3) is 4.02. The van der Waals surface area contributed by atoms with Gasteiger partial charge in [-0.15, -0.1) is 0 Å². The molecule has 0 aliphatic rings. The highest BCUT2D eigenvalue weighted by atomic mass is 16.5. The second-order valence-corrected chi connectivity index (χ2v) is 4.42. The van der Waals surface area contributed by atoms with Crippen LogP contribution in [0.25, 0.3) is 0 Å². The fraction of sp³-hybridized carbons (Fsp3) is 0.571. The molecule has 17 heavy (non-hydrogen) atoms. The zero-order valence-corrected chi connectivity index (χ0v) is 11.2. The van der Waals surface area contributed by atoms with E-state index < -0.39 is 0 Å². The van der Waals surface area contributed by atoms with E-state index in [1.165, 1.54) is 5.56 Å². The van der Waals surface area contributed by atoms with Crippen molar-refractivity contribution in [2.45, 2.75) is 26.8 Å². The van der Waals surface area contributed by atoms with Crippen LogP contribution in [0.5, 0.6) is 5.75 Å². The molecule has 1 N–H and O–H groups in total. The molecule has 0 aromatic heterocycles. The Kier molecular flexibility index (Phi) is 5.45. The zero-order valence-electron chi connectivity index (χ0n) is 11.2. The summed E-state index contributed by atoms with van der Waals surface area (Å²) in [7, 11) is 2.05. The van der Waals surface area contributed by atoms with Crippen LogP contribution in [0.3, 0.4) is 0 Å². The van der Waals surface area contributed by atoms with E-state index >= 15 is 0 Å². The van der Waals surface area contributed by atoms with Gasteiger partial charge in [-0.3, -0.25) is 4.90 Å². The molecule has 0 heterocycles. The fourth-order valence-electron chi connectivity index (χ4n) is 1.79. The van der Waals surface area contributed by atoms with Crippen LogP contribution >= 0.6 is 0 Å². The first-order valence-corrected chi connectivity index (χ1v) is 6.13. The number of hydrogen-bond donors (Lipinski definition) is 1. The van der Waals surface area contributed by atoms with E-state index in [9.17, 15) is 5.11 Å². The molecule has 0 bridgehead atoms. The molecular weight excluding hydrogens is 214 g/mol. The second-order valence-electron chi connectivity index (χ2n) is 4.42. The van der Waals surface area contributed by atoms with Crippen LogP contribution in [0.1, 0.15) is 31.0 Å². The third-order valence-corrected chi connectivity index (χ3v) is 3.09. The van der Waals surface area contributed by atoms with Crippen molar-refractivity contribution in [3.8, 4) is 5.75 Å². The molecule has 0 radical (unpaired) electrons. The van der Waals surface area contributed by atoms with Gasteiger partial charge >= 0.3 is 0 Å². The molecule has 0 spiro atoms. The number of nitrogens with zero attached hydrogens (tertiary/aromatic N) is 1. The summed E-state index contributed by atoms with van der Waals surface area (Å²) in [5.74, 6) is 0.367. The summed E-state index contributed by atoms with van der Waals surface area (Å²) in [6, 6.07) is 5.91. The minimum absolute atomic E-state index is 0.190. The minimum atomic E-state index is 0.190. The molecule has 1 rings (SSSR count). The number of benzene rings is 1. The summed E-state index contributed by atoms with van der Waals surface area (Å²) in [5.41, 5.74) is 2.15. The van der Waals surface area contributed by atoms with Crippen molar-refractivity contribution in [2.24, 2.45) is 0 Å². The molecule has 0 aliphatic heterocycles. The maximum atomic E-state index is 9.87. The number of hydrogen-bond acceptors (Lipinski definition) is 3. The lowest BCUT2D eigenvalue weighted by molar-refractivity contribution is 0.110. The van der Waals surface area contributed by atoms with Gasteiger partial charge in [0.1, 0.15) is 5.75 Å². The maximum absolute atomic E-state index is 9.87. The highest BCUT2D eigenvalue weighted by molar-refractivity contribution is 5.37. The molecule has 1 atom stereocenters. The van der Waals surface area contributed by atoms with Crippen molar-refractivity contribution in [2.75, 3.05) is 26.8 Å². The van der Waals surface area contributed by atoms with Crippen molar-refractivity contribution in [3.63, 3.8) is 0 Å². The van der Waals surface area contributed by atoms with Gasteiger partial charge in [0.25, 0.3) is 0 Å². The lowest BCUT2D eigenvalue weighted by Crippen LogP contribution is -2.26. The Balaban J connectivity index is 2.67. The molecule has 1 aromatic carbocycles. The van der Waals surface area contributed by atoms with Crippen LogP contribution in [-0.2, 0) is 4.74 Å². The number of phenolic OH excluding ortho intramolecular Hbond substituents is 1. The Morgan fingerprint density at radius 3 is 2.76 bits per heavy atom. The number of likely N-dealkylation sites (N-methyl/N-ethyl adjacent to an activating group) is 1. The summed E-state index contributed by atoms with van der Waals surface area (Å²) >= 11 is 0. The SMILES string of the molecule is CCOCCN(C)C(C)c1cc(C)ccc1O. The van der Waals surface area contributed by atoms with E-state index in [1.54, 1.807) is 6.07 Å². The van der Waals surface area contributed by atoms with Crippen molar-refractivity contribution in [1.29, 1.82) is 0 Å². The van der Waals surface area contributed by atoms with Crippen LogP contribution in [0.4, 0.5) is 0 Å². The molecule has 1 unspecified atom stereocenters. The van der Waals surface area contributed by atoms with E-state index in [0.717, 1.165) is 25.3 Å². The normalized spacial score (nSPS) is 13.0. The Hall–Kier alpha value is -1.06. The molecule has 1 aromatic rings. The quantitative estimate of drug-likeness (QED) is 0.772. The van der Waals surface area contributed by atoms with Gasteiger partial charge in [0.15, 0.2) is 0 Å². The van der Waals surface area contributed by atoms with Gasteiger partial charge in [-0.05, 0) is 33.9 Å². The monoisotopic (exact) mass is 237 g/mol. The van der Waals surface area contributed by atoms with Crippen molar-refractivity contribution < 1.29 is 9.84 Å². The number of phenols is 1. The first-order chi connectivity index (χ1) is 8.06. The molecule has 0 fully saturated rings. The van der Waals surface area contributed by atoms with Crippen LogP contribution in [0.2, 0.25) is 0 Å². The van der Waals surface area contributed by atoms with E-state index in [-0.39, 0.29) is 6.04 Å². The molecule has 96 valence electrons. The van der Waals surface area contributed by atoms with Gasteiger partial charge in [-0.25, -0.2) is 0 Å². The third-order valence-electron chi connectivity index (χ3n) is 3.09. The summed E-state index contributed by atoms with van der Waals surface area (Å²) in [5, 5.41) is 9.87. The molecule has 3 nitrogen and oxygen atoms in total. The van der Waals surface area contributed by atoms with E-state index in [1.807, 2.05) is 33.0 Å². The Morgan fingerprint density at radius 1 is 1.41 bits per heavy atom. The lowest BCUT2D eigenvalue weighted by atomic mass is 10.0. The van der Waals surface area contributed by atoms with Gasteiger partial charge in [0.05, 0.1) is 6.61 Å². The Labute approximate surface area is 104 Å². The summed E-state index contributed by atoms with van der Waals surface area (Å²) in [6.07, 6.45) is 0. The molecule has 0 aliphatic carbocycles. The van der Waals surface area contributed by atoms with E-state index in [0.29, 0.717) is 5.75 Å². The smallest absolute Gasteiger partial charge is 0.120 e. The predicted molar refractivity (Wildman–Crippen MR) is 70.4 cm³/mol. The Bertz CT molecular complexity index is 352. The van der Waals surface area contributed by atoms with Gasteiger partial charge < -0.3 is 9.84 Å². The van der Waals surface area contributed by atoms with E-state index in [2.05, 4.69) is 11.8 Å². The molecule has 0 amide bonds. The van der Waals surface area contributed by atoms with Gasteiger partial charge in [0.2, 0.25) is 0 Å². The highest BCUT2D eigenvalue weighted by Gasteiger charge is 2.15. The fourth-order valence-corrected chi connectivity index (χ4v) is 1.79. The maximum Gasteiger partial charge on any atom is 0.120 e. The molecule has 0 saturated carbocycles. The predicted octanol–water partition coefficient (Wildman–Crippen LogP) is 2.73. The van der Waals surface area contributed by atoms with Crippen molar-refractivity contribution in [3.05, 3.63) is 29.3 Å². The second kappa shape index (κ2) is 6.62. The summed E-state index contributed by atoms with van der Waals surface area (Å²) in [4.78, 5) is 2.18. The first kappa shape index (κ1) is 14.0. The van der Waals surface area contributed by atoms with Crippen LogP contribution in [0.15, 0.2) is 18.2 Å². The first-order valence-electron chi connectivity index (χ1n) is 6.13.